The zero-order chi connectivity index (χ0) is 23.2. The van der Waals surface area contributed by atoms with Gasteiger partial charge in [-0.05, 0) is 36.8 Å². The van der Waals surface area contributed by atoms with Gasteiger partial charge in [0.05, 0.1) is 10.7 Å². The lowest BCUT2D eigenvalue weighted by Crippen LogP contribution is -2.15. The van der Waals surface area contributed by atoms with Crippen LogP contribution in [-0.2, 0) is 15.9 Å². The number of nitrogens with zero attached hydrogens (tertiary/aromatic N) is 3. The van der Waals surface area contributed by atoms with Gasteiger partial charge in [-0.3, -0.25) is 9.12 Å². The number of benzene rings is 2. The molecule has 2 aromatic carbocycles. The smallest absolute Gasteiger partial charge is 0.263 e. The number of sulfonamides is 1. The van der Waals surface area contributed by atoms with E-state index in [2.05, 4.69) is 14.7 Å². The molecular formula is C20H15Cl3FN5O2S. The van der Waals surface area contributed by atoms with E-state index in [9.17, 15) is 8.42 Å². The van der Waals surface area contributed by atoms with Crippen molar-refractivity contribution in [2.45, 2.75) is 17.7 Å². The molecule has 0 saturated heterocycles. The molecule has 4 rings (SSSR count). The van der Waals surface area contributed by atoms with Crippen molar-refractivity contribution < 1.29 is 12.8 Å². The third-order valence-electron chi connectivity index (χ3n) is 4.77. The summed E-state index contributed by atoms with van der Waals surface area (Å²) in [6.07, 6.45) is 3.16. The van der Waals surface area contributed by atoms with Gasteiger partial charge in [-0.1, -0.05) is 29.3 Å². The molecule has 0 fully saturated rings. The normalized spacial score (nSPS) is 11.8. The highest BCUT2D eigenvalue weighted by Crippen LogP contribution is 2.35. The first-order chi connectivity index (χ1) is 15.1. The Hall–Kier alpha value is -2.59. The van der Waals surface area contributed by atoms with Gasteiger partial charge in [-0.15, -0.1) is 11.6 Å². The molecule has 0 radical (unpaired) electrons. The Morgan fingerprint density at radius 3 is 2.72 bits per heavy atom. The second kappa shape index (κ2) is 8.40. The maximum atomic E-state index is 15.5. The maximum absolute atomic E-state index is 15.5. The standard InChI is InChI=1S/C20H15Cl3FN5O2S/c1-10-27-18(19-20(25)26-5-6-29(10)19)13-3-2-4-14(17(13)24)28-32(30,31)15-8-12(22)7-11(9-21)16(15)23/h2-8,28H,9H2,1H3,(H2,25,26). The van der Waals surface area contributed by atoms with Crippen molar-refractivity contribution >= 4 is 61.8 Å². The average Bonchev–Trinajstić information content (AvgIpc) is 3.08. The highest BCUT2D eigenvalue weighted by atomic mass is 35.5. The van der Waals surface area contributed by atoms with Crippen LogP contribution < -0.4 is 10.5 Å². The molecule has 166 valence electrons. The van der Waals surface area contributed by atoms with Crippen LogP contribution in [0.4, 0.5) is 15.9 Å². The first-order valence-electron chi connectivity index (χ1n) is 9.08. The van der Waals surface area contributed by atoms with Crippen molar-refractivity contribution in [3.05, 3.63) is 70.0 Å². The van der Waals surface area contributed by atoms with E-state index in [1.165, 1.54) is 36.5 Å². The fraction of sp³-hybridized carbons (Fsp3) is 0.100. The Balaban J connectivity index is 1.83. The van der Waals surface area contributed by atoms with Crippen molar-refractivity contribution in [1.82, 2.24) is 14.4 Å². The Morgan fingerprint density at radius 2 is 2.00 bits per heavy atom. The van der Waals surface area contributed by atoms with Gasteiger partial charge in [-0.25, -0.2) is 22.8 Å². The van der Waals surface area contributed by atoms with Crippen molar-refractivity contribution in [2.24, 2.45) is 0 Å². The predicted octanol–water partition coefficient (Wildman–Crippen LogP) is 5.27. The quantitative estimate of drug-likeness (QED) is 0.353. The minimum Gasteiger partial charge on any atom is -0.382 e. The summed E-state index contributed by atoms with van der Waals surface area (Å²) in [5.74, 6) is -0.162. The molecule has 0 spiro atoms. The number of hydrogen-bond acceptors (Lipinski definition) is 5. The van der Waals surface area contributed by atoms with Crippen LogP contribution in [0.3, 0.4) is 0 Å². The van der Waals surface area contributed by atoms with Crippen molar-refractivity contribution in [2.75, 3.05) is 10.5 Å². The van der Waals surface area contributed by atoms with Crippen LogP contribution in [0.5, 0.6) is 0 Å². The average molecular weight is 515 g/mol. The van der Waals surface area contributed by atoms with Crippen molar-refractivity contribution in [1.29, 1.82) is 0 Å². The Labute approximate surface area is 198 Å². The Kier molecular flexibility index (Phi) is 5.93. The number of nitrogen functional groups attached to an aromatic ring is 1. The molecular weight excluding hydrogens is 500 g/mol. The molecule has 3 N–H and O–H groups in total. The maximum Gasteiger partial charge on any atom is 0.263 e. The summed E-state index contributed by atoms with van der Waals surface area (Å²) in [6, 6.07) is 6.88. The summed E-state index contributed by atoms with van der Waals surface area (Å²) >= 11 is 18.0. The summed E-state index contributed by atoms with van der Waals surface area (Å²) in [4.78, 5) is 8.12. The van der Waals surface area contributed by atoms with Crippen molar-refractivity contribution in [3.8, 4) is 11.3 Å². The van der Waals surface area contributed by atoms with Gasteiger partial charge >= 0.3 is 0 Å². The fourth-order valence-corrected chi connectivity index (χ4v) is 5.58. The second-order valence-electron chi connectivity index (χ2n) is 6.82. The van der Waals surface area contributed by atoms with Gasteiger partial charge in [0, 0.05) is 28.9 Å². The van der Waals surface area contributed by atoms with E-state index >= 15 is 4.39 Å². The van der Waals surface area contributed by atoms with E-state index in [1.54, 1.807) is 17.5 Å². The molecule has 0 bridgehead atoms. The molecule has 4 aromatic rings. The molecule has 2 heterocycles. The number of imidazole rings is 1. The number of fused-ring (bicyclic) bond motifs is 1. The van der Waals surface area contributed by atoms with E-state index in [4.69, 9.17) is 40.5 Å². The van der Waals surface area contributed by atoms with Crippen LogP contribution in [0.1, 0.15) is 11.4 Å². The first-order valence-corrected chi connectivity index (χ1v) is 11.9. The van der Waals surface area contributed by atoms with Crippen LogP contribution in [-0.4, -0.2) is 22.8 Å². The molecule has 0 aliphatic rings. The number of nitrogens with one attached hydrogen (secondary N) is 1. The van der Waals surface area contributed by atoms with Gasteiger partial charge in [0.15, 0.2) is 5.82 Å². The lowest BCUT2D eigenvalue weighted by atomic mass is 10.1. The molecule has 0 atom stereocenters. The van der Waals surface area contributed by atoms with E-state index < -0.39 is 15.8 Å². The molecule has 7 nitrogen and oxygen atoms in total. The number of aromatic nitrogens is 3. The van der Waals surface area contributed by atoms with Gasteiger partial charge < -0.3 is 5.73 Å². The van der Waals surface area contributed by atoms with E-state index in [-0.39, 0.29) is 43.6 Å². The molecule has 0 unspecified atom stereocenters. The second-order valence-corrected chi connectivity index (χ2v) is 9.55. The van der Waals surface area contributed by atoms with E-state index in [0.29, 0.717) is 16.9 Å². The highest BCUT2D eigenvalue weighted by Gasteiger charge is 2.24. The summed E-state index contributed by atoms with van der Waals surface area (Å²) in [5.41, 5.74) is 6.71. The number of alkyl halides is 1. The zero-order valence-electron chi connectivity index (χ0n) is 16.4. The minimum atomic E-state index is -4.29. The Bertz CT molecular complexity index is 1470. The number of hydrogen-bond donors (Lipinski definition) is 2. The SMILES string of the molecule is Cc1nc(-c2cccc(NS(=O)(=O)c3cc(Cl)cc(CCl)c3Cl)c2F)c2c(N)nccn12. The number of rotatable bonds is 5. The number of nitrogens with two attached hydrogens (primary N) is 1. The van der Waals surface area contributed by atoms with Crippen LogP contribution >= 0.6 is 34.8 Å². The van der Waals surface area contributed by atoms with Crippen LogP contribution in [0, 0.1) is 12.7 Å². The first kappa shape index (κ1) is 22.6. The van der Waals surface area contributed by atoms with Gasteiger partial charge in [0.2, 0.25) is 0 Å². The Morgan fingerprint density at radius 1 is 1.25 bits per heavy atom. The number of halogens is 4. The van der Waals surface area contributed by atoms with Crippen molar-refractivity contribution in [3.63, 3.8) is 0 Å². The minimum absolute atomic E-state index is 0.0477. The number of anilines is 2. The molecule has 0 aliphatic carbocycles. The lowest BCUT2D eigenvalue weighted by molar-refractivity contribution is 0.598. The zero-order valence-corrected chi connectivity index (χ0v) is 19.5. The van der Waals surface area contributed by atoms with Gasteiger partial charge in [0.1, 0.15) is 27.7 Å². The van der Waals surface area contributed by atoms with Crippen LogP contribution in [0.25, 0.3) is 16.8 Å². The largest absolute Gasteiger partial charge is 0.382 e. The van der Waals surface area contributed by atoms with Crippen LogP contribution in [0.15, 0.2) is 47.6 Å². The molecule has 12 heteroatoms. The molecule has 2 aromatic heterocycles. The monoisotopic (exact) mass is 513 g/mol. The predicted molar refractivity (Wildman–Crippen MR) is 124 cm³/mol. The molecule has 0 saturated carbocycles. The number of aryl methyl sites for hydroxylation is 1. The summed E-state index contributed by atoms with van der Waals surface area (Å²) in [5, 5.41) is 0.0330. The molecule has 32 heavy (non-hydrogen) atoms. The van der Waals surface area contributed by atoms with E-state index in [0.717, 1.165) is 0 Å². The van der Waals surface area contributed by atoms with E-state index in [1.807, 2.05) is 0 Å². The summed E-state index contributed by atoms with van der Waals surface area (Å²) in [7, 11) is -4.29. The third-order valence-corrected chi connectivity index (χ3v) is 7.22. The van der Waals surface area contributed by atoms with Gasteiger partial charge in [0.25, 0.3) is 10.0 Å². The highest BCUT2D eigenvalue weighted by molar-refractivity contribution is 7.92. The third kappa shape index (κ3) is 3.86. The molecule has 0 aliphatic heterocycles. The molecule has 0 amide bonds. The fourth-order valence-electron chi connectivity index (χ4n) is 3.31. The van der Waals surface area contributed by atoms with Gasteiger partial charge in [-0.2, -0.15) is 0 Å². The summed E-state index contributed by atoms with van der Waals surface area (Å²) in [6.45, 7) is 1.73. The summed E-state index contributed by atoms with van der Waals surface area (Å²) < 4.78 is 45.4. The lowest BCUT2D eigenvalue weighted by Gasteiger charge is -2.14. The van der Waals surface area contributed by atoms with Crippen LogP contribution in [0.2, 0.25) is 10.0 Å². The topological polar surface area (TPSA) is 102 Å².